The second-order valence-corrected chi connectivity index (χ2v) is 4.88. The number of nitrogens with one attached hydrogen (secondary N) is 1. The smallest absolute Gasteiger partial charge is 0.337 e. The predicted octanol–water partition coefficient (Wildman–Crippen LogP) is 3.02. The molecule has 5 nitrogen and oxygen atoms in total. The van der Waals surface area contributed by atoms with E-state index in [1.807, 2.05) is 12.3 Å². The molecule has 0 amide bonds. The summed E-state index contributed by atoms with van der Waals surface area (Å²) in [5.74, 6) is -0.365. The number of carboxylic acid groups (broad SMARTS) is 1. The summed E-state index contributed by atoms with van der Waals surface area (Å²) in [7, 11) is 1.55. The van der Waals surface area contributed by atoms with Crippen molar-refractivity contribution < 1.29 is 14.6 Å². The van der Waals surface area contributed by atoms with E-state index in [4.69, 9.17) is 4.74 Å². The van der Waals surface area contributed by atoms with Crippen LogP contribution < -0.4 is 10.1 Å². The second-order valence-electron chi connectivity index (χ2n) is 3.95. The fourth-order valence-electron chi connectivity index (χ4n) is 1.70. The number of benzene rings is 1. The maximum Gasteiger partial charge on any atom is 0.337 e. The third-order valence-corrected chi connectivity index (χ3v) is 3.61. The molecular weight excluding hydrogens is 264 g/mol. The molecule has 1 unspecified atom stereocenters. The van der Waals surface area contributed by atoms with Gasteiger partial charge in [-0.2, -0.15) is 0 Å². The van der Waals surface area contributed by atoms with Gasteiger partial charge in [0.2, 0.25) is 0 Å². The topological polar surface area (TPSA) is 71.5 Å². The molecule has 2 N–H and O–H groups in total. The number of nitrogens with zero attached hydrogens (tertiary/aromatic N) is 1. The van der Waals surface area contributed by atoms with E-state index in [0.29, 0.717) is 11.4 Å². The Bertz CT molecular complexity index is 569. The number of aromatic nitrogens is 1. The van der Waals surface area contributed by atoms with Crippen LogP contribution >= 0.6 is 11.3 Å². The Morgan fingerprint density at radius 3 is 2.89 bits per heavy atom. The van der Waals surface area contributed by atoms with Gasteiger partial charge >= 0.3 is 5.97 Å². The number of aromatic carboxylic acids is 1. The van der Waals surface area contributed by atoms with Crippen LogP contribution in [0.4, 0.5) is 5.69 Å². The standard InChI is InChI=1S/C13H14N2O3S/c1-8(12-14-5-6-19-12)15-11-7-9(18-2)3-4-10(11)13(16)17/h3-8,15H,1-2H3,(H,16,17). The molecule has 2 rings (SSSR count). The Balaban J connectivity index is 2.29. The molecular formula is C13H14N2O3S. The summed E-state index contributed by atoms with van der Waals surface area (Å²) in [6, 6.07) is 4.76. The van der Waals surface area contributed by atoms with E-state index in [1.165, 1.54) is 17.4 Å². The Morgan fingerprint density at radius 2 is 2.32 bits per heavy atom. The minimum Gasteiger partial charge on any atom is -0.497 e. The van der Waals surface area contributed by atoms with E-state index >= 15 is 0 Å². The van der Waals surface area contributed by atoms with Crippen LogP contribution in [0.3, 0.4) is 0 Å². The van der Waals surface area contributed by atoms with Gasteiger partial charge in [0, 0.05) is 17.6 Å². The zero-order chi connectivity index (χ0) is 13.8. The van der Waals surface area contributed by atoms with E-state index in [9.17, 15) is 9.90 Å². The summed E-state index contributed by atoms with van der Waals surface area (Å²) >= 11 is 1.52. The van der Waals surface area contributed by atoms with Gasteiger partial charge in [-0.1, -0.05) is 0 Å². The largest absolute Gasteiger partial charge is 0.497 e. The molecule has 0 fully saturated rings. The summed E-state index contributed by atoms with van der Waals surface area (Å²) in [5.41, 5.74) is 0.735. The number of thiazole rings is 1. The lowest BCUT2D eigenvalue weighted by molar-refractivity contribution is 0.0698. The fraction of sp³-hybridized carbons (Fsp3) is 0.231. The minimum absolute atomic E-state index is 0.0646. The van der Waals surface area contributed by atoms with Crippen LogP contribution in [-0.4, -0.2) is 23.2 Å². The summed E-state index contributed by atoms with van der Waals surface area (Å²) in [4.78, 5) is 15.4. The normalized spacial score (nSPS) is 11.9. The lowest BCUT2D eigenvalue weighted by Crippen LogP contribution is -2.10. The highest BCUT2D eigenvalue weighted by Crippen LogP contribution is 2.27. The van der Waals surface area contributed by atoms with Crippen LogP contribution in [-0.2, 0) is 0 Å². The number of ether oxygens (including phenoxy) is 1. The molecule has 0 aliphatic carbocycles. The van der Waals surface area contributed by atoms with Crippen LogP contribution in [0.5, 0.6) is 5.75 Å². The van der Waals surface area contributed by atoms with Crippen LogP contribution in [0.2, 0.25) is 0 Å². The third-order valence-electron chi connectivity index (χ3n) is 2.65. The van der Waals surface area contributed by atoms with E-state index < -0.39 is 5.97 Å². The Kier molecular flexibility index (Phi) is 4.01. The minimum atomic E-state index is -0.975. The van der Waals surface area contributed by atoms with Gasteiger partial charge in [-0.15, -0.1) is 11.3 Å². The Morgan fingerprint density at radius 1 is 1.53 bits per heavy atom. The van der Waals surface area contributed by atoms with Gasteiger partial charge in [-0.05, 0) is 19.1 Å². The number of methoxy groups -OCH3 is 1. The first-order valence-corrected chi connectivity index (χ1v) is 6.57. The molecule has 19 heavy (non-hydrogen) atoms. The number of carbonyl (C=O) groups is 1. The van der Waals surface area contributed by atoms with Gasteiger partial charge in [0.1, 0.15) is 10.8 Å². The van der Waals surface area contributed by atoms with Crippen molar-refractivity contribution in [1.82, 2.24) is 4.98 Å². The van der Waals surface area contributed by atoms with Gasteiger partial charge in [0.05, 0.1) is 24.4 Å². The third kappa shape index (κ3) is 3.03. The highest BCUT2D eigenvalue weighted by molar-refractivity contribution is 7.09. The molecule has 6 heteroatoms. The van der Waals surface area contributed by atoms with E-state index in [0.717, 1.165) is 5.01 Å². The van der Waals surface area contributed by atoms with Crippen molar-refractivity contribution in [1.29, 1.82) is 0 Å². The van der Waals surface area contributed by atoms with E-state index in [-0.39, 0.29) is 11.6 Å². The maximum absolute atomic E-state index is 11.2. The van der Waals surface area contributed by atoms with Crippen molar-refractivity contribution in [2.75, 3.05) is 12.4 Å². The Labute approximate surface area is 114 Å². The van der Waals surface area contributed by atoms with Crippen molar-refractivity contribution >= 4 is 23.0 Å². The number of rotatable bonds is 5. The first-order valence-electron chi connectivity index (χ1n) is 5.69. The zero-order valence-corrected chi connectivity index (χ0v) is 11.4. The number of carboxylic acids is 1. The van der Waals surface area contributed by atoms with Crippen LogP contribution in [0.25, 0.3) is 0 Å². The molecule has 1 aromatic carbocycles. The quantitative estimate of drug-likeness (QED) is 0.879. The van der Waals surface area contributed by atoms with E-state index in [2.05, 4.69) is 10.3 Å². The van der Waals surface area contributed by atoms with Crippen molar-refractivity contribution in [3.63, 3.8) is 0 Å². The van der Waals surface area contributed by atoms with Crippen molar-refractivity contribution in [2.24, 2.45) is 0 Å². The number of hydrogen-bond donors (Lipinski definition) is 2. The van der Waals surface area contributed by atoms with Crippen molar-refractivity contribution in [3.8, 4) is 5.75 Å². The van der Waals surface area contributed by atoms with Gasteiger partial charge in [0.15, 0.2) is 0 Å². The molecule has 0 radical (unpaired) electrons. The average Bonchev–Trinajstić information content (AvgIpc) is 2.92. The maximum atomic E-state index is 11.2. The first kappa shape index (κ1) is 13.4. The summed E-state index contributed by atoms with van der Waals surface area (Å²) in [5, 5.41) is 15.1. The molecule has 2 aromatic rings. The molecule has 100 valence electrons. The molecule has 1 heterocycles. The van der Waals surface area contributed by atoms with E-state index in [1.54, 1.807) is 25.4 Å². The van der Waals surface area contributed by atoms with Crippen LogP contribution in [0.15, 0.2) is 29.8 Å². The van der Waals surface area contributed by atoms with Gasteiger partial charge in [-0.3, -0.25) is 0 Å². The molecule has 0 aliphatic heterocycles. The van der Waals surface area contributed by atoms with Crippen molar-refractivity contribution in [2.45, 2.75) is 13.0 Å². The molecule has 0 saturated heterocycles. The summed E-state index contributed by atoms with van der Waals surface area (Å²) in [6.07, 6.45) is 1.72. The zero-order valence-electron chi connectivity index (χ0n) is 10.6. The Hall–Kier alpha value is -2.08. The van der Waals surface area contributed by atoms with Gasteiger partial charge in [-0.25, -0.2) is 9.78 Å². The molecule has 0 saturated carbocycles. The molecule has 1 atom stereocenters. The second kappa shape index (κ2) is 5.71. The lowest BCUT2D eigenvalue weighted by atomic mass is 10.1. The summed E-state index contributed by atoms with van der Waals surface area (Å²) in [6.45, 7) is 1.93. The summed E-state index contributed by atoms with van der Waals surface area (Å²) < 4.78 is 5.12. The van der Waals surface area contributed by atoms with Gasteiger partial charge < -0.3 is 15.2 Å². The molecule has 1 aromatic heterocycles. The lowest BCUT2D eigenvalue weighted by Gasteiger charge is -2.15. The molecule has 0 spiro atoms. The molecule has 0 aliphatic rings. The monoisotopic (exact) mass is 278 g/mol. The first-order chi connectivity index (χ1) is 9.11. The highest BCUT2D eigenvalue weighted by atomic mass is 32.1. The fourth-order valence-corrected chi connectivity index (χ4v) is 2.35. The predicted molar refractivity (Wildman–Crippen MR) is 74.1 cm³/mol. The van der Waals surface area contributed by atoms with Crippen LogP contribution in [0, 0.1) is 0 Å². The van der Waals surface area contributed by atoms with Crippen molar-refractivity contribution in [3.05, 3.63) is 40.3 Å². The van der Waals surface area contributed by atoms with Gasteiger partial charge in [0.25, 0.3) is 0 Å². The average molecular weight is 278 g/mol. The molecule has 0 bridgehead atoms. The highest BCUT2D eigenvalue weighted by Gasteiger charge is 2.15. The number of anilines is 1. The number of hydrogen-bond acceptors (Lipinski definition) is 5. The SMILES string of the molecule is COc1ccc(C(=O)O)c(NC(C)c2nccs2)c1. The van der Waals surface area contributed by atoms with Crippen LogP contribution in [0.1, 0.15) is 28.3 Å².